The molecular weight excluding hydrogens is 1250 g/mol. The first kappa shape index (κ1) is 95.9. The van der Waals surface area contributed by atoms with Crippen LogP contribution in [0.3, 0.4) is 0 Å². The van der Waals surface area contributed by atoms with Crippen LogP contribution < -0.4 is 4.89 Å². The Balaban J connectivity index is 3.95. The normalized spacial score (nSPS) is 13.8. The fourth-order valence-corrected chi connectivity index (χ4v) is 12.3. The third-order valence-electron chi connectivity index (χ3n) is 17.9. The molecule has 0 bridgehead atoms. The van der Waals surface area contributed by atoms with Gasteiger partial charge in [0.15, 0.2) is 6.10 Å². The number of carbonyl (C=O) groups is 2. The van der Waals surface area contributed by atoms with E-state index >= 15 is 0 Å². The predicted octanol–water partition coefficient (Wildman–Crippen LogP) is 27.4. The van der Waals surface area contributed by atoms with Gasteiger partial charge in [-0.3, -0.25) is 14.2 Å². The van der Waals surface area contributed by atoms with Gasteiger partial charge in [-0.05, 0) is 116 Å². The van der Waals surface area contributed by atoms with Crippen LogP contribution in [0.2, 0.25) is 0 Å². The Labute approximate surface area is 618 Å². The SMILES string of the molecule is CC/C=C\C/C=C\C/C=C\C/C=C\C/C=C\C/C=C\C/C=C\C/C=C\CCCCCCCCCCCCCCCCCCC(=O)OC(COC(=O)CCCCCCCCCCCCCCCCCCCCCCCC/C=C\C/C=C\C/C=C\C/C=C\CC)COP(=O)([O-])OCC[N+](C)(C)C. The van der Waals surface area contributed by atoms with E-state index in [1.54, 1.807) is 0 Å². The lowest BCUT2D eigenvalue weighted by Gasteiger charge is -2.28. The molecule has 574 valence electrons. The average molecular weight is 1410 g/mol. The van der Waals surface area contributed by atoms with E-state index in [0.717, 1.165) is 116 Å². The lowest BCUT2D eigenvalue weighted by Crippen LogP contribution is -2.37. The molecule has 0 spiro atoms. The van der Waals surface area contributed by atoms with Crippen molar-refractivity contribution in [3.05, 3.63) is 146 Å². The van der Waals surface area contributed by atoms with Crippen LogP contribution >= 0.6 is 7.82 Å². The van der Waals surface area contributed by atoms with Crippen LogP contribution in [0.15, 0.2) is 146 Å². The lowest BCUT2D eigenvalue weighted by molar-refractivity contribution is -0.870. The monoisotopic (exact) mass is 1410 g/mol. The molecule has 0 saturated heterocycles. The first-order valence-electron chi connectivity index (χ1n) is 41.5. The fraction of sp³-hybridized carbons (Fsp3) is 0.711. The van der Waals surface area contributed by atoms with E-state index in [-0.39, 0.29) is 32.0 Å². The minimum Gasteiger partial charge on any atom is -0.756 e. The number of carbonyl (C=O) groups excluding carboxylic acids is 2. The van der Waals surface area contributed by atoms with Gasteiger partial charge in [0.1, 0.15) is 19.8 Å². The minimum atomic E-state index is -4.65. The summed E-state index contributed by atoms with van der Waals surface area (Å²) in [5.74, 6) is -0.822. The second kappa shape index (κ2) is 79.0. The van der Waals surface area contributed by atoms with Crippen molar-refractivity contribution in [1.29, 1.82) is 0 Å². The number of esters is 2. The molecule has 0 fully saturated rings. The van der Waals surface area contributed by atoms with Crippen LogP contribution in [0.1, 0.15) is 361 Å². The van der Waals surface area contributed by atoms with Gasteiger partial charge < -0.3 is 27.9 Å². The molecular formula is C90H156NO8P. The fourth-order valence-electron chi connectivity index (χ4n) is 11.6. The van der Waals surface area contributed by atoms with Crippen molar-refractivity contribution in [3.8, 4) is 0 Å². The number of unbranched alkanes of at least 4 members (excludes halogenated alkanes) is 38. The molecule has 9 nitrogen and oxygen atoms in total. The van der Waals surface area contributed by atoms with Gasteiger partial charge in [0.2, 0.25) is 0 Å². The van der Waals surface area contributed by atoms with Crippen molar-refractivity contribution in [3.63, 3.8) is 0 Å². The number of ether oxygens (including phenoxy) is 2. The molecule has 100 heavy (non-hydrogen) atoms. The van der Waals surface area contributed by atoms with Crippen molar-refractivity contribution in [2.24, 2.45) is 0 Å². The Hall–Kier alpha value is -4.11. The zero-order valence-electron chi connectivity index (χ0n) is 65.6. The summed E-state index contributed by atoms with van der Waals surface area (Å²) in [6.45, 7) is 4.05. The maximum absolute atomic E-state index is 12.9. The van der Waals surface area contributed by atoms with Gasteiger partial charge >= 0.3 is 11.9 Å². The number of rotatable bonds is 76. The third-order valence-corrected chi connectivity index (χ3v) is 18.8. The minimum absolute atomic E-state index is 0.0334. The van der Waals surface area contributed by atoms with Crippen molar-refractivity contribution < 1.29 is 42.1 Å². The highest BCUT2D eigenvalue weighted by atomic mass is 31.2. The van der Waals surface area contributed by atoms with Crippen molar-refractivity contribution in [2.45, 2.75) is 367 Å². The zero-order chi connectivity index (χ0) is 72.5. The van der Waals surface area contributed by atoms with Gasteiger partial charge in [-0.2, -0.15) is 0 Å². The molecule has 0 aromatic heterocycles. The zero-order valence-corrected chi connectivity index (χ0v) is 66.5. The highest BCUT2D eigenvalue weighted by molar-refractivity contribution is 7.45. The molecule has 0 heterocycles. The van der Waals surface area contributed by atoms with E-state index in [1.807, 2.05) is 21.1 Å². The van der Waals surface area contributed by atoms with E-state index < -0.39 is 26.5 Å². The van der Waals surface area contributed by atoms with Crippen LogP contribution in [-0.2, 0) is 32.7 Å². The maximum atomic E-state index is 12.9. The van der Waals surface area contributed by atoms with Crippen molar-refractivity contribution >= 4 is 19.8 Å². The van der Waals surface area contributed by atoms with E-state index in [1.165, 1.54) is 212 Å². The molecule has 0 N–H and O–H groups in total. The second-order valence-corrected chi connectivity index (χ2v) is 30.1. The summed E-state index contributed by atoms with van der Waals surface area (Å²) >= 11 is 0. The molecule has 0 aliphatic carbocycles. The second-order valence-electron chi connectivity index (χ2n) is 28.7. The summed E-state index contributed by atoms with van der Waals surface area (Å²) in [6.07, 6.45) is 117. The van der Waals surface area contributed by atoms with Gasteiger partial charge in [-0.15, -0.1) is 0 Å². The van der Waals surface area contributed by atoms with Crippen molar-refractivity contribution in [1.82, 2.24) is 0 Å². The number of allylic oxidation sites excluding steroid dienone is 24. The standard InChI is InChI=1S/C90H156NO8P/c1-6-8-10-12-14-16-18-20-22-24-26-28-30-32-34-36-38-40-42-43-44-45-46-47-49-51-53-55-57-59-61-63-65-67-69-71-73-75-77-79-81-83-90(93)99-88(87-98-100(94,95)97-85-84-91(3,4)5)86-96-89(92)82-80-78-76-74-72-70-68-66-64-62-60-58-56-54-52-50-48-41-39-37-35-33-31-29-27-25-23-21-19-17-15-13-11-9-7-2/h8-11,14-17,20-23,26-29,32,34,38,40,43-44,46-47,88H,6-7,12-13,18-19,24-25,30-31,33,35-37,39,41-42,45,48-87H2,1-5H3/b10-8-,11-9-,16-14-,17-15-,22-20-,23-21-,28-26-,29-27-,34-32-,40-38-,44-43-,47-46-. The lowest BCUT2D eigenvalue weighted by atomic mass is 10.0. The number of phosphoric acid groups is 1. The smallest absolute Gasteiger partial charge is 0.306 e. The molecule has 0 rings (SSSR count). The molecule has 2 unspecified atom stereocenters. The molecule has 2 atom stereocenters. The van der Waals surface area contributed by atoms with Gasteiger partial charge in [0, 0.05) is 12.8 Å². The summed E-state index contributed by atoms with van der Waals surface area (Å²) in [5, 5.41) is 0. The first-order valence-corrected chi connectivity index (χ1v) is 43.0. The Morgan fingerprint density at radius 3 is 0.800 bits per heavy atom. The van der Waals surface area contributed by atoms with Crippen LogP contribution in [-0.4, -0.2) is 70.0 Å². The Kier molecular flexibility index (Phi) is 75.8. The number of quaternary nitrogens is 1. The van der Waals surface area contributed by atoms with E-state index in [9.17, 15) is 19.0 Å². The Bertz CT molecular complexity index is 2210. The van der Waals surface area contributed by atoms with Gasteiger partial charge in [-0.25, -0.2) is 0 Å². The molecule has 0 aromatic rings. The number of likely N-dealkylation sites (N-methyl/N-ethyl adjacent to an activating group) is 1. The van der Waals surface area contributed by atoms with Gasteiger partial charge in [-0.1, -0.05) is 378 Å². The molecule has 10 heteroatoms. The summed E-state index contributed by atoms with van der Waals surface area (Å²) in [7, 11) is 1.17. The topological polar surface area (TPSA) is 111 Å². The highest BCUT2D eigenvalue weighted by Gasteiger charge is 2.22. The molecule has 0 amide bonds. The van der Waals surface area contributed by atoms with Crippen LogP contribution in [0, 0.1) is 0 Å². The number of hydrogen-bond donors (Lipinski definition) is 0. The summed E-state index contributed by atoms with van der Waals surface area (Å²) in [5.41, 5.74) is 0. The van der Waals surface area contributed by atoms with Gasteiger partial charge in [0.25, 0.3) is 7.82 Å². The summed E-state index contributed by atoms with van der Waals surface area (Å²) in [4.78, 5) is 38.2. The van der Waals surface area contributed by atoms with Gasteiger partial charge in [0.05, 0.1) is 27.7 Å². The summed E-state index contributed by atoms with van der Waals surface area (Å²) < 4.78 is 34.4. The van der Waals surface area contributed by atoms with Crippen LogP contribution in [0.25, 0.3) is 0 Å². The van der Waals surface area contributed by atoms with Crippen LogP contribution in [0.5, 0.6) is 0 Å². The average Bonchev–Trinajstić information content (AvgIpc) is 1.30. The Morgan fingerprint density at radius 1 is 0.310 bits per heavy atom. The van der Waals surface area contributed by atoms with Crippen molar-refractivity contribution in [2.75, 3.05) is 47.5 Å². The number of hydrogen-bond acceptors (Lipinski definition) is 8. The third kappa shape index (κ3) is 82.8. The van der Waals surface area contributed by atoms with Crippen LogP contribution in [0.4, 0.5) is 0 Å². The number of phosphoric ester groups is 1. The quantitative estimate of drug-likeness (QED) is 0.0195. The summed E-state index contributed by atoms with van der Waals surface area (Å²) in [6, 6.07) is 0. The maximum Gasteiger partial charge on any atom is 0.306 e. The molecule has 0 aliphatic heterocycles. The van der Waals surface area contributed by atoms with E-state index in [2.05, 4.69) is 160 Å². The van der Waals surface area contributed by atoms with E-state index in [0.29, 0.717) is 17.4 Å². The highest BCUT2D eigenvalue weighted by Crippen LogP contribution is 2.38. The Morgan fingerprint density at radius 2 is 0.540 bits per heavy atom. The number of nitrogens with zero attached hydrogens (tertiary/aromatic N) is 1. The molecule has 0 aromatic carbocycles. The molecule has 0 aliphatic rings. The molecule has 0 radical (unpaired) electrons. The van der Waals surface area contributed by atoms with E-state index in [4.69, 9.17) is 18.5 Å². The molecule has 0 saturated carbocycles. The predicted molar refractivity (Wildman–Crippen MR) is 434 cm³/mol. The largest absolute Gasteiger partial charge is 0.756 e. The first-order chi connectivity index (χ1) is 49.0.